The first-order chi connectivity index (χ1) is 16.3. The van der Waals surface area contributed by atoms with Crippen LogP contribution in [0.1, 0.15) is 44.2 Å². The molecule has 2 amide bonds. The molecule has 6 heteroatoms. The molecule has 2 bridgehead atoms. The van der Waals surface area contributed by atoms with E-state index in [1.165, 1.54) is 4.90 Å². The fraction of sp³-hybridized carbons (Fsp3) is 0.393. The summed E-state index contributed by atoms with van der Waals surface area (Å²) in [7, 11) is 0. The molecule has 5 rings (SSSR count). The zero-order chi connectivity index (χ0) is 24.3. The zero-order valence-electron chi connectivity index (χ0n) is 19.6. The normalized spacial score (nSPS) is 32.2. The van der Waals surface area contributed by atoms with E-state index in [4.69, 9.17) is 0 Å². The summed E-state index contributed by atoms with van der Waals surface area (Å²) in [4.78, 5) is 43.5. The van der Waals surface area contributed by atoms with Crippen molar-refractivity contribution in [2.24, 2.45) is 16.7 Å². The summed E-state index contributed by atoms with van der Waals surface area (Å²) in [6, 6.07) is 19.6. The number of alkyl halides is 1. The number of benzene rings is 2. The highest BCUT2D eigenvalue weighted by atomic mass is 79.9. The molecule has 5 nitrogen and oxygen atoms in total. The summed E-state index contributed by atoms with van der Waals surface area (Å²) in [6.07, 6.45) is 2.62. The molecule has 4 unspecified atom stereocenters. The van der Waals surface area contributed by atoms with Gasteiger partial charge in [-0.15, -0.1) is 0 Å². The van der Waals surface area contributed by atoms with Gasteiger partial charge < -0.3 is 5.73 Å². The Morgan fingerprint density at radius 3 is 1.97 bits per heavy atom. The maximum atomic E-state index is 14.3. The first-order valence-corrected chi connectivity index (χ1v) is 12.8. The van der Waals surface area contributed by atoms with Crippen LogP contribution >= 0.6 is 15.9 Å². The highest BCUT2D eigenvalue weighted by molar-refractivity contribution is 9.10. The van der Waals surface area contributed by atoms with Gasteiger partial charge in [0.2, 0.25) is 11.8 Å². The third-order valence-electron chi connectivity index (χ3n) is 8.22. The summed E-state index contributed by atoms with van der Waals surface area (Å²) in [5.41, 5.74) is 5.13. The molecule has 0 radical (unpaired) electrons. The van der Waals surface area contributed by atoms with Crippen LogP contribution < -0.4 is 5.73 Å². The number of amides is 2. The number of fused-ring (bicyclic) bond motifs is 5. The number of nitrogens with zero attached hydrogens (tertiary/aromatic N) is 1. The minimum absolute atomic E-state index is 0.0574. The molecule has 1 saturated heterocycles. The Labute approximate surface area is 208 Å². The number of rotatable bonds is 7. The molecule has 0 spiro atoms. The predicted octanol–water partition coefficient (Wildman–Crippen LogP) is 3.74. The molecular weight excluding hydrogens is 492 g/mol. The second-order valence-electron chi connectivity index (χ2n) is 9.99. The lowest BCUT2D eigenvalue weighted by Crippen LogP contribution is -2.50. The van der Waals surface area contributed by atoms with Crippen LogP contribution in [0.3, 0.4) is 0 Å². The van der Waals surface area contributed by atoms with Crippen LogP contribution in [0.5, 0.6) is 0 Å². The second-order valence-corrected chi connectivity index (χ2v) is 11.2. The summed E-state index contributed by atoms with van der Waals surface area (Å²) < 4.78 is -1.29. The molecule has 1 aliphatic heterocycles. The van der Waals surface area contributed by atoms with Crippen LogP contribution in [0, 0.1) is 16.7 Å². The van der Waals surface area contributed by atoms with Gasteiger partial charge in [-0.3, -0.25) is 19.3 Å². The van der Waals surface area contributed by atoms with Gasteiger partial charge in [0, 0.05) is 6.54 Å². The van der Waals surface area contributed by atoms with E-state index in [0.717, 1.165) is 48.1 Å². The summed E-state index contributed by atoms with van der Waals surface area (Å²) in [6.45, 7) is 4.94. The average Bonchev–Trinajstić information content (AvgIpc) is 3.23. The van der Waals surface area contributed by atoms with Crippen LogP contribution in [0.15, 0.2) is 60.7 Å². The molecule has 3 aliphatic rings. The quantitative estimate of drug-likeness (QED) is 0.342. The number of hydrogen-bond acceptors (Lipinski definition) is 3. The van der Waals surface area contributed by atoms with Gasteiger partial charge in [-0.25, -0.2) is 0 Å². The van der Waals surface area contributed by atoms with E-state index >= 15 is 0 Å². The van der Waals surface area contributed by atoms with Gasteiger partial charge in [-0.1, -0.05) is 76.6 Å². The van der Waals surface area contributed by atoms with Crippen LogP contribution in [0.25, 0.3) is 11.1 Å². The fourth-order valence-corrected chi connectivity index (χ4v) is 7.94. The molecule has 1 saturated carbocycles. The van der Waals surface area contributed by atoms with Gasteiger partial charge in [0.15, 0.2) is 5.78 Å². The second kappa shape index (κ2) is 7.99. The highest BCUT2D eigenvalue weighted by Gasteiger charge is 2.85. The molecule has 34 heavy (non-hydrogen) atoms. The Morgan fingerprint density at radius 1 is 0.853 bits per heavy atom. The smallest absolute Gasteiger partial charge is 0.248 e. The lowest BCUT2D eigenvalue weighted by molar-refractivity contribution is -0.368. The highest BCUT2D eigenvalue weighted by Crippen LogP contribution is 2.77. The number of halogens is 1. The fourth-order valence-electron chi connectivity index (χ4n) is 6.69. The van der Waals surface area contributed by atoms with E-state index in [9.17, 15) is 14.4 Å². The standard InChI is InChI=1S/C28H29BrN2O3/c1-26-20(18-12-6-3-7-13-18)21(19-14-8-4-9-15-19)27(2,24(26)33)28(29)22(26)23(32)31(25(28)34)17-11-5-10-16-30/h3-4,6-9,12-15,22H,5,10-11,16-17,30H2,1-2H3/p+1. The van der Waals surface area contributed by atoms with Crippen molar-refractivity contribution in [2.75, 3.05) is 13.1 Å². The minimum atomic E-state index is -1.29. The number of allylic oxidation sites excluding steroid dienone is 2. The van der Waals surface area contributed by atoms with E-state index in [0.29, 0.717) is 6.54 Å². The molecule has 2 aromatic carbocycles. The third kappa shape index (κ3) is 2.67. The molecule has 2 aromatic rings. The van der Waals surface area contributed by atoms with E-state index in [-0.39, 0.29) is 17.6 Å². The van der Waals surface area contributed by atoms with Crippen molar-refractivity contribution < 1.29 is 20.1 Å². The Balaban J connectivity index is 1.73. The van der Waals surface area contributed by atoms with Crippen LogP contribution in [-0.2, 0) is 14.4 Å². The van der Waals surface area contributed by atoms with Crippen molar-refractivity contribution in [3.05, 3.63) is 71.8 Å². The molecular formula is C28H30BrN2O3+. The number of unbranched alkanes of at least 4 members (excludes halogenated alkanes) is 2. The lowest BCUT2D eigenvalue weighted by Gasteiger charge is -2.41. The number of Topliss-reactive ketones (excluding diaryl/α,β-unsaturated/α-hetero) is 1. The van der Waals surface area contributed by atoms with Crippen molar-refractivity contribution in [1.82, 2.24) is 4.90 Å². The van der Waals surface area contributed by atoms with Crippen LogP contribution in [0.4, 0.5) is 0 Å². The van der Waals surface area contributed by atoms with Gasteiger partial charge in [-0.05, 0) is 55.4 Å². The predicted molar refractivity (Wildman–Crippen MR) is 134 cm³/mol. The van der Waals surface area contributed by atoms with Crippen molar-refractivity contribution in [1.29, 1.82) is 0 Å². The van der Waals surface area contributed by atoms with Crippen molar-refractivity contribution in [3.8, 4) is 0 Å². The van der Waals surface area contributed by atoms with Gasteiger partial charge >= 0.3 is 0 Å². The number of likely N-dealkylation sites (tertiary alicyclic amines) is 1. The van der Waals surface area contributed by atoms with Crippen molar-refractivity contribution in [3.63, 3.8) is 0 Å². The molecule has 1 heterocycles. The number of hydrogen-bond donors (Lipinski definition) is 1. The third-order valence-corrected chi connectivity index (χ3v) is 9.81. The first-order valence-electron chi connectivity index (χ1n) is 12.0. The molecule has 176 valence electrons. The monoisotopic (exact) mass is 521 g/mol. The number of carbonyl (C=O) groups excluding carboxylic acids is 3. The van der Waals surface area contributed by atoms with Gasteiger partial charge in [0.05, 0.1) is 23.3 Å². The van der Waals surface area contributed by atoms with E-state index in [2.05, 4.69) is 21.7 Å². The first kappa shape index (κ1) is 23.2. The average molecular weight is 522 g/mol. The summed E-state index contributed by atoms with van der Waals surface area (Å²) in [5, 5.41) is 0. The topological polar surface area (TPSA) is 82.1 Å². The van der Waals surface area contributed by atoms with Gasteiger partial charge in [0.25, 0.3) is 0 Å². The van der Waals surface area contributed by atoms with Crippen LogP contribution in [0.2, 0.25) is 0 Å². The Kier molecular flexibility index (Phi) is 5.45. The number of imide groups is 1. The van der Waals surface area contributed by atoms with Crippen LogP contribution in [-0.4, -0.2) is 39.9 Å². The molecule has 2 aliphatic carbocycles. The molecule has 2 fully saturated rings. The molecule has 3 N–H and O–H groups in total. The number of quaternary nitrogens is 1. The van der Waals surface area contributed by atoms with E-state index in [1.807, 2.05) is 74.5 Å². The SMILES string of the molecule is CC12C(=O)C(C)(C(c3ccccc3)=C1c1ccccc1)C1(Br)C(=O)N(CCCCC[NH3+])C(=O)C21. The largest absolute Gasteiger partial charge is 0.358 e. The summed E-state index contributed by atoms with van der Waals surface area (Å²) in [5.74, 6) is -1.35. The molecule has 4 atom stereocenters. The van der Waals surface area contributed by atoms with Crippen molar-refractivity contribution in [2.45, 2.75) is 37.4 Å². The van der Waals surface area contributed by atoms with E-state index < -0.39 is 21.1 Å². The van der Waals surface area contributed by atoms with E-state index in [1.54, 1.807) is 0 Å². The number of ketones is 1. The zero-order valence-corrected chi connectivity index (χ0v) is 21.2. The Hall–Kier alpha value is -2.57. The van der Waals surface area contributed by atoms with Gasteiger partial charge in [0.1, 0.15) is 4.32 Å². The number of carbonyl (C=O) groups is 3. The Morgan fingerprint density at radius 2 is 1.41 bits per heavy atom. The maximum Gasteiger partial charge on any atom is 0.248 e. The van der Waals surface area contributed by atoms with Gasteiger partial charge in [-0.2, -0.15) is 0 Å². The molecule has 0 aromatic heterocycles. The lowest BCUT2D eigenvalue weighted by atomic mass is 9.63. The Bertz CT molecular complexity index is 1210. The maximum absolute atomic E-state index is 14.3. The minimum Gasteiger partial charge on any atom is -0.358 e. The van der Waals surface area contributed by atoms with Crippen molar-refractivity contribution >= 4 is 44.7 Å². The summed E-state index contributed by atoms with van der Waals surface area (Å²) >= 11 is 3.79.